The van der Waals surface area contributed by atoms with E-state index in [0.29, 0.717) is 13.1 Å². The van der Waals surface area contributed by atoms with Crippen LogP contribution in [0.15, 0.2) is 30.3 Å². The predicted molar refractivity (Wildman–Crippen MR) is 81.6 cm³/mol. The molecule has 0 saturated carbocycles. The summed E-state index contributed by atoms with van der Waals surface area (Å²) in [6, 6.07) is 9.13. The Bertz CT molecular complexity index is 536. The second-order valence-corrected chi connectivity index (χ2v) is 5.00. The zero-order valence-electron chi connectivity index (χ0n) is 11.8. The number of amides is 3. The van der Waals surface area contributed by atoms with Crippen molar-refractivity contribution in [2.45, 2.75) is 12.8 Å². The summed E-state index contributed by atoms with van der Waals surface area (Å²) in [6.45, 7) is 1.29. The van der Waals surface area contributed by atoms with E-state index in [2.05, 4.69) is 16.6 Å². The number of para-hydroxylation sites is 1. The Hall–Kier alpha value is -2.48. The molecule has 1 heterocycles. The molecule has 21 heavy (non-hydrogen) atoms. The summed E-state index contributed by atoms with van der Waals surface area (Å²) in [4.78, 5) is 25.8. The van der Waals surface area contributed by atoms with Crippen molar-refractivity contribution in [3.8, 4) is 12.3 Å². The first kappa shape index (κ1) is 14.9. The Balaban J connectivity index is 1.90. The number of carbonyl (C=O) groups is 2. The van der Waals surface area contributed by atoms with Crippen molar-refractivity contribution >= 4 is 17.6 Å². The summed E-state index contributed by atoms with van der Waals surface area (Å²) in [6.07, 6.45) is 6.73. The number of benzene rings is 1. The normalized spacial score (nSPS) is 17.7. The number of likely N-dealkylation sites (tertiary alicyclic amines) is 1. The van der Waals surface area contributed by atoms with Gasteiger partial charge in [0.05, 0.1) is 12.5 Å². The van der Waals surface area contributed by atoms with Gasteiger partial charge in [0.15, 0.2) is 0 Å². The number of hydrogen-bond donors (Lipinski definition) is 2. The molecule has 1 saturated heterocycles. The SMILES string of the molecule is C#CCNC(=O)N1CCCC(C(=O)Nc2ccccc2)C1. The zero-order chi connectivity index (χ0) is 15.1. The first-order chi connectivity index (χ1) is 10.2. The number of anilines is 1. The van der Waals surface area contributed by atoms with Gasteiger partial charge in [-0.2, -0.15) is 0 Å². The van der Waals surface area contributed by atoms with E-state index in [9.17, 15) is 9.59 Å². The highest BCUT2D eigenvalue weighted by Crippen LogP contribution is 2.18. The Morgan fingerprint density at radius 1 is 1.33 bits per heavy atom. The van der Waals surface area contributed by atoms with E-state index in [4.69, 9.17) is 6.42 Å². The molecule has 1 aromatic carbocycles. The van der Waals surface area contributed by atoms with Gasteiger partial charge in [-0.05, 0) is 25.0 Å². The molecule has 5 heteroatoms. The molecule has 0 bridgehead atoms. The van der Waals surface area contributed by atoms with Crippen LogP contribution < -0.4 is 10.6 Å². The van der Waals surface area contributed by atoms with Gasteiger partial charge < -0.3 is 15.5 Å². The van der Waals surface area contributed by atoms with E-state index in [1.54, 1.807) is 4.90 Å². The van der Waals surface area contributed by atoms with Crippen LogP contribution in [0.1, 0.15) is 12.8 Å². The summed E-state index contributed by atoms with van der Waals surface area (Å²) in [5.74, 6) is 2.14. The van der Waals surface area contributed by atoms with Crippen molar-refractivity contribution in [1.82, 2.24) is 10.2 Å². The third-order valence-electron chi connectivity index (χ3n) is 3.46. The largest absolute Gasteiger partial charge is 0.327 e. The maximum atomic E-state index is 12.2. The highest BCUT2D eigenvalue weighted by molar-refractivity contribution is 5.93. The summed E-state index contributed by atoms with van der Waals surface area (Å²) in [5, 5.41) is 5.52. The molecule has 0 aliphatic carbocycles. The molecule has 1 unspecified atom stereocenters. The summed E-state index contributed by atoms with van der Waals surface area (Å²) >= 11 is 0. The fourth-order valence-corrected chi connectivity index (χ4v) is 2.38. The quantitative estimate of drug-likeness (QED) is 0.830. The minimum absolute atomic E-state index is 0.0457. The summed E-state index contributed by atoms with van der Waals surface area (Å²) in [5.41, 5.74) is 0.774. The third-order valence-corrected chi connectivity index (χ3v) is 3.46. The van der Waals surface area contributed by atoms with Gasteiger partial charge in [0.1, 0.15) is 0 Å². The fraction of sp³-hybridized carbons (Fsp3) is 0.375. The van der Waals surface area contributed by atoms with Gasteiger partial charge in [-0.15, -0.1) is 6.42 Å². The predicted octanol–water partition coefficient (Wildman–Crippen LogP) is 1.68. The molecule has 5 nitrogen and oxygen atoms in total. The lowest BCUT2D eigenvalue weighted by atomic mass is 9.97. The van der Waals surface area contributed by atoms with Gasteiger partial charge in [-0.1, -0.05) is 24.1 Å². The van der Waals surface area contributed by atoms with Crippen LogP contribution in [0, 0.1) is 18.3 Å². The number of terminal acetylenes is 1. The number of nitrogens with zero attached hydrogens (tertiary/aromatic N) is 1. The van der Waals surface area contributed by atoms with Crippen molar-refractivity contribution in [3.63, 3.8) is 0 Å². The number of urea groups is 1. The summed E-state index contributed by atoms with van der Waals surface area (Å²) < 4.78 is 0. The number of nitrogens with one attached hydrogen (secondary N) is 2. The first-order valence-corrected chi connectivity index (χ1v) is 7.03. The Labute approximate surface area is 124 Å². The monoisotopic (exact) mass is 285 g/mol. The van der Waals surface area contributed by atoms with Gasteiger partial charge in [0.25, 0.3) is 0 Å². The highest BCUT2D eigenvalue weighted by atomic mass is 16.2. The number of piperidine rings is 1. The van der Waals surface area contributed by atoms with Crippen LogP contribution in [-0.4, -0.2) is 36.5 Å². The Morgan fingerprint density at radius 3 is 2.81 bits per heavy atom. The van der Waals surface area contributed by atoms with Crippen LogP contribution in [0.25, 0.3) is 0 Å². The third kappa shape index (κ3) is 4.25. The smallest absolute Gasteiger partial charge is 0.318 e. The van der Waals surface area contributed by atoms with E-state index >= 15 is 0 Å². The molecule has 1 fully saturated rings. The maximum Gasteiger partial charge on any atom is 0.318 e. The minimum Gasteiger partial charge on any atom is -0.327 e. The Kier molecular flexibility index (Phi) is 5.22. The number of rotatable bonds is 3. The molecule has 3 amide bonds. The van der Waals surface area contributed by atoms with E-state index < -0.39 is 0 Å². The molecular weight excluding hydrogens is 266 g/mol. The molecule has 110 valence electrons. The van der Waals surface area contributed by atoms with E-state index in [1.807, 2.05) is 30.3 Å². The lowest BCUT2D eigenvalue weighted by Gasteiger charge is -2.31. The number of hydrogen-bond acceptors (Lipinski definition) is 2. The molecule has 0 spiro atoms. The molecule has 1 aliphatic heterocycles. The topological polar surface area (TPSA) is 61.4 Å². The standard InChI is InChI=1S/C16H19N3O2/c1-2-10-17-16(21)19-11-6-7-13(12-19)15(20)18-14-8-4-3-5-9-14/h1,3-5,8-9,13H,6-7,10-12H2,(H,17,21)(H,18,20). The van der Waals surface area contributed by atoms with E-state index in [0.717, 1.165) is 18.5 Å². The molecule has 2 N–H and O–H groups in total. The fourth-order valence-electron chi connectivity index (χ4n) is 2.38. The number of carbonyl (C=O) groups excluding carboxylic acids is 2. The lowest BCUT2D eigenvalue weighted by Crippen LogP contribution is -2.48. The zero-order valence-corrected chi connectivity index (χ0v) is 11.8. The van der Waals surface area contributed by atoms with Crippen molar-refractivity contribution in [3.05, 3.63) is 30.3 Å². The van der Waals surface area contributed by atoms with Crippen molar-refractivity contribution in [2.24, 2.45) is 5.92 Å². The maximum absolute atomic E-state index is 12.2. The van der Waals surface area contributed by atoms with E-state index in [-0.39, 0.29) is 24.4 Å². The highest BCUT2D eigenvalue weighted by Gasteiger charge is 2.28. The van der Waals surface area contributed by atoms with Gasteiger partial charge >= 0.3 is 6.03 Å². The molecule has 0 radical (unpaired) electrons. The van der Waals surface area contributed by atoms with Crippen LogP contribution in [0.3, 0.4) is 0 Å². The summed E-state index contributed by atoms with van der Waals surface area (Å²) in [7, 11) is 0. The van der Waals surface area contributed by atoms with Gasteiger partial charge in [0.2, 0.25) is 5.91 Å². The van der Waals surface area contributed by atoms with Gasteiger partial charge in [-0.25, -0.2) is 4.79 Å². The van der Waals surface area contributed by atoms with Gasteiger partial charge in [-0.3, -0.25) is 4.79 Å². The average Bonchev–Trinajstić information content (AvgIpc) is 2.53. The molecule has 1 aliphatic rings. The van der Waals surface area contributed by atoms with Crippen LogP contribution >= 0.6 is 0 Å². The molecule has 2 rings (SSSR count). The molecule has 1 aromatic rings. The molecule has 1 atom stereocenters. The molecule has 0 aromatic heterocycles. The second-order valence-electron chi connectivity index (χ2n) is 5.00. The lowest BCUT2D eigenvalue weighted by molar-refractivity contribution is -0.121. The Morgan fingerprint density at radius 2 is 2.10 bits per heavy atom. The minimum atomic E-state index is -0.204. The van der Waals surface area contributed by atoms with Crippen LogP contribution in [0.5, 0.6) is 0 Å². The van der Waals surface area contributed by atoms with Crippen molar-refractivity contribution in [1.29, 1.82) is 0 Å². The van der Waals surface area contributed by atoms with E-state index in [1.165, 1.54) is 0 Å². The van der Waals surface area contributed by atoms with Crippen LogP contribution in [0.4, 0.5) is 10.5 Å². The van der Waals surface area contributed by atoms with Crippen LogP contribution in [0.2, 0.25) is 0 Å². The first-order valence-electron chi connectivity index (χ1n) is 7.03. The average molecular weight is 285 g/mol. The second kappa shape index (κ2) is 7.34. The molecular formula is C16H19N3O2. The van der Waals surface area contributed by atoms with Crippen LogP contribution in [-0.2, 0) is 4.79 Å². The van der Waals surface area contributed by atoms with Gasteiger partial charge in [0, 0.05) is 18.8 Å². The van der Waals surface area contributed by atoms with Crippen molar-refractivity contribution < 1.29 is 9.59 Å². The van der Waals surface area contributed by atoms with Crippen molar-refractivity contribution in [2.75, 3.05) is 25.0 Å².